The normalized spacial score (nSPS) is 16.4. The second-order valence-corrected chi connectivity index (χ2v) is 6.65. The molecule has 2 aromatic heterocycles. The molecule has 5 heteroatoms. The molecule has 1 aliphatic carbocycles. The SMILES string of the molecule is O=C(Nc1nc(-c2cccs2)cs1)C1CCCCC1. The van der Waals surface area contributed by atoms with Crippen molar-refractivity contribution in [3.05, 3.63) is 22.9 Å². The zero-order valence-electron chi connectivity index (χ0n) is 10.6. The lowest BCUT2D eigenvalue weighted by Gasteiger charge is -2.19. The number of nitrogens with zero attached hydrogens (tertiary/aromatic N) is 1. The van der Waals surface area contributed by atoms with E-state index in [0.717, 1.165) is 28.5 Å². The predicted molar refractivity (Wildman–Crippen MR) is 80.6 cm³/mol. The van der Waals surface area contributed by atoms with Crippen LogP contribution in [0.3, 0.4) is 0 Å². The minimum Gasteiger partial charge on any atom is -0.302 e. The Labute approximate surface area is 120 Å². The lowest BCUT2D eigenvalue weighted by atomic mass is 9.89. The van der Waals surface area contributed by atoms with E-state index in [2.05, 4.69) is 10.3 Å². The van der Waals surface area contributed by atoms with E-state index in [1.165, 1.54) is 30.6 Å². The molecule has 1 amide bonds. The van der Waals surface area contributed by atoms with Crippen molar-refractivity contribution < 1.29 is 4.79 Å². The summed E-state index contributed by atoms with van der Waals surface area (Å²) in [5.41, 5.74) is 0.957. The molecule has 2 heterocycles. The number of amides is 1. The zero-order chi connectivity index (χ0) is 13.1. The molecule has 1 saturated carbocycles. The number of carbonyl (C=O) groups is 1. The van der Waals surface area contributed by atoms with Crippen molar-refractivity contribution in [3.8, 4) is 10.6 Å². The minimum absolute atomic E-state index is 0.145. The number of thiophene rings is 1. The highest BCUT2D eigenvalue weighted by atomic mass is 32.1. The van der Waals surface area contributed by atoms with E-state index in [1.54, 1.807) is 11.3 Å². The first kappa shape index (κ1) is 12.8. The van der Waals surface area contributed by atoms with Gasteiger partial charge in [-0.25, -0.2) is 4.98 Å². The van der Waals surface area contributed by atoms with Crippen molar-refractivity contribution in [2.45, 2.75) is 32.1 Å². The Morgan fingerprint density at radius 2 is 2.11 bits per heavy atom. The maximum atomic E-state index is 12.1. The van der Waals surface area contributed by atoms with Gasteiger partial charge < -0.3 is 5.32 Å². The highest BCUT2D eigenvalue weighted by Gasteiger charge is 2.21. The third-order valence-electron chi connectivity index (χ3n) is 3.48. The summed E-state index contributed by atoms with van der Waals surface area (Å²) in [6.45, 7) is 0. The Balaban J connectivity index is 1.65. The molecule has 0 atom stereocenters. The molecule has 3 nitrogen and oxygen atoms in total. The second-order valence-electron chi connectivity index (χ2n) is 4.84. The van der Waals surface area contributed by atoms with Gasteiger partial charge in [0, 0.05) is 11.3 Å². The molecule has 2 aromatic rings. The van der Waals surface area contributed by atoms with E-state index >= 15 is 0 Å². The standard InChI is InChI=1S/C14H16N2OS2/c17-13(10-5-2-1-3-6-10)16-14-15-11(9-19-14)12-7-4-8-18-12/h4,7-10H,1-3,5-6H2,(H,15,16,17). The van der Waals surface area contributed by atoms with Crippen molar-refractivity contribution >= 4 is 33.7 Å². The van der Waals surface area contributed by atoms with Crippen LogP contribution in [0.15, 0.2) is 22.9 Å². The predicted octanol–water partition coefficient (Wildman–Crippen LogP) is 4.39. The lowest BCUT2D eigenvalue weighted by molar-refractivity contribution is -0.120. The van der Waals surface area contributed by atoms with Crippen molar-refractivity contribution in [2.75, 3.05) is 5.32 Å². The van der Waals surface area contributed by atoms with Crippen LogP contribution in [-0.2, 0) is 4.79 Å². The molecule has 0 radical (unpaired) electrons. The second kappa shape index (κ2) is 5.84. The summed E-state index contributed by atoms with van der Waals surface area (Å²) in [6, 6.07) is 4.06. The quantitative estimate of drug-likeness (QED) is 0.911. The van der Waals surface area contributed by atoms with Gasteiger partial charge in [0.2, 0.25) is 5.91 Å². The molecule has 1 aliphatic rings. The summed E-state index contributed by atoms with van der Waals surface area (Å²) in [5.74, 6) is 0.328. The number of carbonyl (C=O) groups excluding carboxylic acids is 1. The monoisotopic (exact) mass is 292 g/mol. The summed E-state index contributed by atoms with van der Waals surface area (Å²) >= 11 is 3.17. The summed E-state index contributed by atoms with van der Waals surface area (Å²) in [4.78, 5) is 17.8. The fourth-order valence-electron chi connectivity index (χ4n) is 2.44. The number of hydrogen-bond acceptors (Lipinski definition) is 4. The fraction of sp³-hybridized carbons (Fsp3) is 0.429. The van der Waals surface area contributed by atoms with Crippen LogP contribution in [-0.4, -0.2) is 10.9 Å². The Morgan fingerprint density at radius 1 is 1.26 bits per heavy atom. The molecular weight excluding hydrogens is 276 g/mol. The lowest BCUT2D eigenvalue weighted by Crippen LogP contribution is -2.24. The van der Waals surface area contributed by atoms with Gasteiger partial charge in [-0.1, -0.05) is 25.3 Å². The number of aromatic nitrogens is 1. The Bertz CT molecular complexity index is 542. The van der Waals surface area contributed by atoms with Gasteiger partial charge in [0.05, 0.1) is 10.6 Å². The third-order valence-corrected chi connectivity index (χ3v) is 5.13. The molecule has 19 heavy (non-hydrogen) atoms. The van der Waals surface area contributed by atoms with E-state index in [0.29, 0.717) is 0 Å². The average Bonchev–Trinajstić information content (AvgIpc) is 3.10. The summed E-state index contributed by atoms with van der Waals surface area (Å²) in [6.07, 6.45) is 5.67. The number of thiazole rings is 1. The zero-order valence-corrected chi connectivity index (χ0v) is 12.2. The first-order valence-electron chi connectivity index (χ1n) is 6.63. The first-order valence-corrected chi connectivity index (χ1v) is 8.39. The Morgan fingerprint density at radius 3 is 2.84 bits per heavy atom. The molecule has 0 unspecified atom stereocenters. The van der Waals surface area contributed by atoms with Crippen molar-refractivity contribution in [3.63, 3.8) is 0 Å². The number of rotatable bonds is 3. The summed E-state index contributed by atoms with van der Waals surface area (Å²) < 4.78 is 0. The van der Waals surface area contributed by atoms with Crippen LogP contribution >= 0.6 is 22.7 Å². The van der Waals surface area contributed by atoms with Crippen LogP contribution in [0, 0.1) is 5.92 Å². The van der Waals surface area contributed by atoms with Gasteiger partial charge in [0.25, 0.3) is 0 Å². The molecule has 0 spiro atoms. The minimum atomic E-state index is 0.145. The Kier molecular flexibility index (Phi) is 3.94. The maximum Gasteiger partial charge on any atom is 0.229 e. The van der Waals surface area contributed by atoms with Gasteiger partial charge in [-0.15, -0.1) is 22.7 Å². The third kappa shape index (κ3) is 3.04. The topological polar surface area (TPSA) is 42.0 Å². The fourth-order valence-corrected chi connectivity index (χ4v) is 3.92. The van der Waals surface area contributed by atoms with Crippen molar-refractivity contribution in [1.29, 1.82) is 0 Å². The molecule has 0 aromatic carbocycles. The van der Waals surface area contributed by atoms with Gasteiger partial charge in [-0.05, 0) is 24.3 Å². The van der Waals surface area contributed by atoms with Gasteiger partial charge >= 0.3 is 0 Å². The van der Waals surface area contributed by atoms with E-state index in [1.807, 2.05) is 22.9 Å². The van der Waals surface area contributed by atoms with Crippen LogP contribution in [0.25, 0.3) is 10.6 Å². The average molecular weight is 292 g/mol. The van der Waals surface area contributed by atoms with Crippen LogP contribution < -0.4 is 5.32 Å². The molecule has 0 bridgehead atoms. The van der Waals surface area contributed by atoms with Gasteiger partial charge in [0.1, 0.15) is 0 Å². The van der Waals surface area contributed by atoms with Crippen LogP contribution in [0.4, 0.5) is 5.13 Å². The van der Waals surface area contributed by atoms with E-state index in [9.17, 15) is 4.79 Å². The number of nitrogens with one attached hydrogen (secondary N) is 1. The molecule has 0 aliphatic heterocycles. The summed E-state index contributed by atoms with van der Waals surface area (Å²) in [7, 11) is 0. The summed E-state index contributed by atoms with van der Waals surface area (Å²) in [5, 5.41) is 7.73. The van der Waals surface area contributed by atoms with Gasteiger partial charge in [-0.3, -0.25) is 4.79 Å². The molecule has 0 saturated heterocycles. The van der Waals surface area contributed by atoms with E-state index in [-0.39, 0.29) is 11.8 Å². The molecule has 100 valence electrons. The first-order chi connectivity index (χ1) is 9.33. The smallest absolute Gasteiger partial charge is 0.229 e. The van der Waals surface area contributed by atoms with E-state index in [4.69, 9.17) is 0 Å². The van der Waals surface area contributed by atoms with Crippen molar-refractivity contribution in [1.82, 2.24) is 4.98 Å². The molecule has 3 rings (SSSR count). The number of anilines is 1. The van der Waals surface area contributed by atoms with Crippen LogP contribution in [0.2, 0.25) is 0 Å². The highest BCUT2D eigenvalue weighted by molar-refractivity contribution is 7.16. The van der Waals surface area contributed by atoms with Crippen LogP contribution in [0.5, 0.6) is 0 Å². The van der Waals surface area contributed by atoms with E-state index < -0.39 is 0 Å². The molecule has 1 N–H and O–H groups in total. The number of hydrogen-bond donors (Lipinski definition) is 1. The van der Waals surface area contributed by atoms with Crippen molar-refractivity contribution in [2.24, 2.45) is 5.92 Å². The Hall–Kier alpha value is -1.20. The maximum absolute atomic E-state index is 12.1. The van der Waals surface area contributed by atoms with Gasteiger partial charge in [0.15, 0.2) is 5.13 Å². The van der Waals surface area contributed by atoms with Crippen LogP contribution in [0.1, 0.15) is 32.1 Å². The largest absolute Gasteiger partial charge is 0.302 e. The molecule has 1 fully saturated rings. The molecular formula is C14H16N2OS2. The van der Waals surface area contributed by atoms with Gasteiger partial charge in [-0.2, -0.15) is 0 Å². The highest BCUT2D eigenvalue weighted by Crippen LogP contribution is 2.29.